The third-order valence-electron chi connectivity index (χ3n) is 3.46. The highest BCUT2D eigenvalue weighted by Crippen LogP contribution is 2.21. The minimum Gasteiger partial charge on any atom is -0.301 e. The average Bonchev–Trinajstić information content (AvgIpc) is 2.47. The van der Waals surface area contributed by atoms with Gasteiger partial charge in [-0.25, -0.2) is 21.9 Å². The van der Waals surface area contributed by atoms with Gasteiger partial charge in [-0.3, -0.25) is 0 Å². The van der Waals surface area contributed by atoms with E-state index in [-0.39, 0.29) is 12.6 Å². The van der Waals surface area contributed by atoms with Crippen LogP contribution in [-0.2, 0) is 10.0 Å². The van der Waals surface area contributed by atoms with Gasteiger partial charge in [0.2, 0.25) is 10.0 Å². The van der Waals surface area contributed by atoms with Gasteiger partial charge in [-0.15, -0.1) is 0 Å². The van der Waals surface area contributed by atoms with Crippen molar-refractivity contribution in [2.24, 2.45) is 0 Å². The second-order valence-electron chi connectivity index (χ2n) is 5.29. The van der Waals surface area contributed by atoms with Crippen molar-refractivity contribution in [2.45, 2.75) is 10.9 Å². The molecule has 0 aliphatic heterocycles. The molecule has 0 aliphatic carbocycles. The summed E-state index contributed by atoms with van der Waals surface area (Å²) in [7, 11) is -0.682. The summed E-state index contributed by atoms with van der Waals surface area (Å²) < 4.78 is 54.1. The van der Waals surface area contributed by atoms with Crippen molar-refractivity contribution in [1.82, 2.24) is 9.62 Å². The van der Waals surface area contributed by atoms with Gasteiger partial charge in [0.15, 0.2) is 4.90 Å². The van der Waals surface area contributed by atoms with Crippen LogP contribution in [0.3, 0.4) is 0 Å². The number of likely N-dealkylation sites (N-methyl/N-ethyl adjacent to an activating group) is 1. The van der Waals surface area contributed by atoms with Crippen LogP contribution in [0.2, 0.25) is 0 Å². The van der Waals surface area contributed by atoms with Crippen molar-refractivity contribution in [3.8, 4) is 0 Å². The van der Waals surface area contributed by atoms with Crippen LogP contribution in [-0.4, -0.2) is 34.0 Å². The summed E-state index contributed by atoms with van der Waals surface area (Å²) in [6.07, 6.45) is 0. The second kappa shape index (κ2) is 7.16. The highest BCUT2D eigenvalue weighted by Gasteiger charge is 2.25. The highest BCUT2D eigenvalue weighted by molar-refractivity contribution is 7.89. The van der Waals surface area contributed by atoms with E-state index in [4.69, 9.17) is 0 Å². The Kier molecular flexibility index (Phi) is 5.46. The normalized spacial score (nSPS) is 13.3. The van der Waals surface area contributed by atoms with E-state index in [1.54, 1.807) is 14.1 Å². The fourth-order valence-corrected chi connectivity index (χ4v) is 3.44. The number of nitrogens with zero attached hydrogens (tertiary/aromatic N) is 1. The summed E-state index contributed by atoms with van der Waals surface area (Å²) in [5.74, 6) is -2.22. The van der Waals surface area contributed by atoms with Crippen molar-refractivity contribution in [2.75, 3.05) is 20.6 Å². The molecule has 0 spiro atoms. The van der Waals surface area contributed by atoms with Crippen molar-refractivity contribution >= 4 is 10.0 Å². The van der Waals surface area contributed by atoms with Gasteiger partial charge < -0.3 is 4.90 Å². The lowest BCUT2D eigenvalue weighted by Crippen LogP contribution is -2.35. The quantitative estimate of drug-likeness (QED) is 0.879. The Morgan fingerprint density at radius 3 is 2.09 bits per heavy atom. The lowest BCUT2D eigenvalue weighted by Gasteiger charge is -2.25. The molecule has 0 fully saturated rings. The molecule has 7 heteroatoms. The van der Waals surface area contributed by atoms with E-state index in [0.29, 0.717) is 0 Å². The van der Waals surface area contributed by atoms with Crippen LogP contribution in [0.15, 0.2) is 53.4 Å². The zero-order valence-corrected chi connectivity index (χ0v) is 13.6. The molecule has 0 amide bonds. The largest absolute Gasteiger partial charge is 0.301 e. The number of hydrogen-bond donors (Lipinski definition) is 1. The zero-order chi connectivity index (χ0) is 17.0. The maximum Gasteiger partial charge on any atom is 0.246 e. The Hall–Kier alpha value is -1.83. The van der Waals surface area contributed by atoms with Gasteiger partial charge in [-0.05, 0) is 31.8 Å². The molecule has 1 unspecified atom stereocenters. The van der Waals surface area contributed by atoms with Gasteiger partial charge >= 0.3 is 0 Å². The fraction of sp³-hybridized carbons (Fsp3) is 0.250. The van der Waals surface area contributed by atoms with E-state index < -0.39 is 26.6 Å². The van der Waals surface area contributed by atoms with Gasteiger partial charge in [0, 0.05) is 12.6 Å². The van der Waals surface area contributed by atoms with Gasteiger partial charge in [0.25, 0.3) is 0 Å². The van der Waals surface area contributed by atoms with Gasteiger partial charge in [-0.2, -0.15) is 0 Å². The molecule has 124 valence electrons. The SMILES string of the molecule is CN(C)C(CNS(=O)(=O)c1c(F)cccc1F)c1ccccc1. The van der Waals surface area contributed by atoms with Crippen LogP contribution < -0.4 is 4.72 Å². The molecule has 0 saturated carbocycles. The summed E-state index contributed by atoms with van der Waals surface area (Å²) in [6.45, 7) is -0.00682. The zero-order valence-electron chi connectivity index (χ0n) is 12.8. The third-order valence-corrected chi connectivity index (χ3v) is 4.94. The van der Waals surface area contributed by atoms with Crippen LogP contribution in [0.25, 0.3) is 0 Å². The van der Waals surface area contributed by atoms with Crippen molar-refractivity contribution in [3.05, 3.63) is 65.7 Å². The van der Waals surface area contributed by atoms with E-state index in [9.17, 15) is 17.2 Å². The molecule has 2 aromatic carbocycles. The summed E-state index contributed by atoms with van der Waals surface area (Å²) in [6, 6.07) is 12.0. The highest BCUT2D eigenvalue weighted by atomic mass is 32.2. The Bertz CT molecular complexity index is 745. The molecular formula is C16H18F2N2O2S. The summed E-state index contributed by atoms with van der Waals surface area (Å²) >= 11 is 0. The van der Waals surface area contributed by atoms with Crippen LogP contribution in [0.4, 0.5) is 8.78 Å². The third kappa shape index (κ3) is 4.13. The van der Waals surface area contributed by atoms with Gasteiger partial charge in [0.1, 0.15) is 11.6 Å². The minimum atomic E-state index is -4.28. The number of rotatable bonds is 6. The maximum atomic E-state index is 13.7. The number of benzene rings is 2. The van der Waals surface area contributed by atoms with Crippen LogP contribution in [0.1, 0.15) is 11.6 Å². The molecule has 23 heavy (non-hydrogen) atoms. The first-order chi connectivity index (χ1) is 10.8. The molecule has 1 atom stereocenters. The average molecular weight is 340 g/mol. The molecule has 0 radical (unpaired) electrons. The lowest BCUT2D eigenvalue weighted by molar-refractivity contribution is 0.299. The fourth-order valence-electron chi connectivity index (χ4n) is 2.27. The summed E-state index contributed by atoms with van der Waals surface area (Å²) in [4.78, 5) is 0.876. The van der Waals surface area contributed by atoms with E-state index in [0.717, 1.165) is 23.8 Å². The lowest BCUT2D eigenvalue weighted by atomic mass is 10.1. The van der Waals surface area contributed by atoms with Crippen LogP contribution >= 0.6 is 0 Å². The topological polar surface area (TPSA) is 49.4 Å². The van der Waals surface area contributed by atoms with Crippen molar-refractivity contribution < 1.29 is 17.2 Å². The first-order valence-electron chi connectivity index (χ1n) is 6.98. The minimum absolute atomic E-state index is 0.00682. The maximum absolute atomic E-state index is 13.7. The van der Waals surface area contributed by atoms with Crippen molar-refractivity contribution in [3.63, 3.8) is 0 Å². The smallest absolute Gasteiger partial charge is 0.246 e. The predicted octanol–water partition coefficient (Wildman–Crippen LogP) is 2.55. The predicted molar refractivity (Wildman–Crippen MR) is 84.4 cm³/mol. The molecule has 0 saturated heterocycles. The Balaban J connectivity index is 2.24. The Morgan fingerprint density at radius 1 is 1.00 bits per heavy atom. The monoisotopic (exact) mass is 340 g/mol. The molecule has 1 N–H and O–H groups in total. The number of nitrogens with one attached hydrogen (secondary N) is 1. The molecule has 0 bridgehead atoms. The van der Waals surface area contributed by atoms with Crippen molar-refractivity contribution in [1.29, 1.82) is 0 Å². The molecule has 2 rings (SSSR count). The first-order valence-corrected chi connectivity index (χ1v) is 8.46. The van der Waals surface area contributed by atoms with Crippen LogP contribution in [0.5, 0.6) is 0 Å². The van der Waals surface area contributed by atoms with E-state index in [1.165, 1.54) is 0 Å². The van der Waals surface area contributed by atoms with E-state index >= 15 is 0 Å². The molecule has 0 heterocycles. The van der Waals surface area contributed by atoms with E-state index in [2.05, 4.69) is 4.72 Å². The summed E-state index contributed by atoms with van der Waals surface area (Å²) in [5, 5.41) is 0. The molecule has 2 aromatic rings. The Morgan fingerprint density at radius 2 is 1.57 bits per heavy atom. The second-order valence-corrected chi connectivity index (χ2v) is 7.00. The number of hydrogen-bond acceptors (Lipinski definition) is 3. The molecule has 4 nitrogen and oxygen atoms in total. The molecule has 0 aromatic heterocycles. The standard InChI is InChI=1S/C16H18F2N2O2S/c1-20(2)15(12-7-4-3-5-8-12)11-19-23(21,22)16-13(17)9-6-10-14(16)18/h3-10,15,19H,11H2,1-2H3. The number of sulfonamides is 1. The first kappa shape index (κ1) is 17.5. The van der Waals surface area contributed by atoms with Crippen LogP contribution in [0, 0.1) is 11.6 Å². The Labute approximate surface area is 134 Å². The molecular weight excluding hydrogens is 322 g/mol. The van der Waals surface area contributed by atoms with Gasteiger partial charge in [0.05, 0.1) is 0 Å². The van der Waals surface area contributed by atoms with Gasteiger partial charge in [-0.1, -0.05) is 36.4 Å². The summed E-state index contributed by atoms with van der Waals surface area (Å²) in [5.41, 5.74) is 0.897. The van der Waals surface area contributed by atoms with E-state index in [1.807, 2.05) is 35.2 Å². The number of halogens is 2. The molecule has 0 aliphatic rings.